The third-order valence-electron chi connectivity index (χ3n) is 1.63. The molecule has 0 heterocycles. The number of hydrogen-bond acceptors (Lipinski definition) is 3. The van der Waals surface area contributed by atoms with Crippen molar-refractivity contribution in [2.45, 2.75) is 45.8 Å². The molecule has 0 aromatic heterocycles. The lowest BCUT2D eigenvalue weighted by atomic mass is 10.2. The maximum absolute atomic E-state index is 11.0. The average Bonchev–Trinajstić information content (AvgIpc) is 2.02. The van der Waals surface area contributed by atoms with E-state index in [1.807, 2.05) is 20.8 Å². The van der Waals surface area contributed by atoms with Crippen LogP contribution in [0.2, 0.25) is 0 Å². The summed E-state index contributed by atoms with van der Waals surface area (Å²) in [7, 11) is 0. The Balaban J connectivity index is 3.68. The van der Waals surface area contributed by atoms with E-state index in [1.54, 1.807) is 0 Å². The molecule has 2 N–H and O–H groups in total. The highest BCUT2D eigenvalue weighted by Crippen LogP contribution is 1.99. The molecule has 0 bridgehead atoms. The Morgan fingerprint density at radius 2 is 2.00 bits per heavy atom. The van der Waals surface area contributed by atoms with E-state index in [0.717, 1.165) is 6.42 Å². The molecule has 3 nitrogen and oxygen atoms in total. The van der Waals surface area contributed by atoms with E-state index in [9.17, 15) is 4.79 Å². The summed E-state index contributed by atoms with van der Waals surface area (Å²) in [5.74, 6) is -0.290. The molecule has 0 spiro atoms. The second-order valence-electron chi connectivity index (χ2n) is 2.67. The van der Waals surface area contributed by atoms with Gasteiger partial charge in [-0.1, -0.05) is 13.8 Å². The van der Waals surface area contributed by atoms with Crippen molar-refractivity contribution in [1.29, 1.82) is 0 Å². The highest BCUT2D eigenvalue weighted by Gasteiger charge is 2.14. The van der Waals surface area contributed by atoms with E-state index in [1.165, 1.54) is 0 Å². The minimum atomic E-state index is -0.455. The molecule has 0 fully saturated rings. The largest absolute Gasteiger partial charge is 0.462 e. The molecule has 0 saturated carbocycles. The number of rotatable bonds is 4. The van der Waals surface area contributed by atoms with Crippen LogP contribution in [0.3, 0.4) is 0 Å². The first-order chi connectivity index (χ1) is 5.11. The van der Waals surface area contributed by atoms with Gasteiger partial charge in [0.1, 0.15) is 6.04 Å². The van der Waals surface area contributed by atoms with Gasteiger partial charge in [0.05, 0.1) is 6.10 Å². The van der Waals surface area contributed by atoms with Crippen LogP contribution in [0.1, 0.15) is 33.6 Å². The van der Waals surface area contributed by atoms with Gasteiger partial charge in [0.25, 0.3) is 0 Å². The molecule has 0 aliphatic heterocycles. The lowest BCUT2D eigenvalue weighted by Crippen LogP contribution is -2.33. The van der Waals surface area contributed by atoms with Crippen LogP contribution in [-0.2, 0) is 9.53 Å². The van der Waals surface area contributed by atoms with Crippen LogP contribution in [0, 0.1) is 0 Å². The molecular weight excluding hydrogens is 142 g/mol. The summed E-state index contributed by atoms with van der Waals surface area (Å²) in [6, 6.07) is -0.455. The van der Waals surface area contributed by atoms with E-state index in [2.05, 4.69) is 0 Å². The topological polar surface area (TPSA) is 52.3 Å². The molecule has 0 unspecified atom stereocenters. The van der Waals surface area contributed by atoms with Crippen molar-refractivity contribution in [3.8, 4) is 0 Å². The molecule has 0 rings (SSSR count). The number of carbonyl (C=O) groups excluding carboxylic acids is 1. The molecule has 0 aromatic carbocycles. The molecule has 11 heavy (non-hydrogen) atoms. The monoisotopic (exact) mass is 159 g/mol. The zero-order chi connectivity index (χ0) is 8.85. The summed E-state index contributed by atoms with van der Waals surface area (Å²) in [6.07, 6.45) is 1.46. The fourth-order valence-corrected chi connectivity index (χ4v) is 0.536. The van der Waals surface area contributed by atoms with E-state index in [0.29, 0.717) is 6.42 Å². The Hall–Kier alpha value is -0.570. The van der Waals surface area contributed by atoms with Crippen LogP contribution in [0.15, 0.2) is 0 Å². The first-order valence-electron chi connectivity index (χ1n) is 4.07. The van der Waals surface area contributed by atoms with Crippen LogP contribution < -0.4 is 5.73 Å². The van der Waals surface area contributed by atoms with Crippen molar-refractivity contribution in [2.24, 2.45) is 5.73 Å². The Morgan fingerprint density at radius 3 is 2.36 bits per heavy atom. The molecule has 0 aromatic rings. The summed E-state index contributed by atoms with van der Waals surface area (Å²) >= 11 is 0. The third-order valence-corrected chi connectivity index (χ3v) is 1.63. The van der Waals surface area contributed by atoms with Crippen molar-refractivity contribution in [3.63, 3.8) is 0 Å². The second-order valence-corrected chi connectivity index (χ2v) is 2.67. The minimum absolute atomic E-state index is 0.0138. The van der Waals surface area contributed by atoms with Gasteiger partial charge in [0.15, 0.2) is 0 Å². The first-order valence-corrected chi connectivity index (χ1v) is 4.07. The standard InChI is InChI=1S/C8H17NO2/c1-4-6(3)11-8(10)7(9)5-2/h6-7H,4-5,9H2,1-3H3/t6-,7-/m0/s1. The minimum Gasteiger partial charge on any atom is -0.462 e. The summed E-state index contributed by atoms with van der Waals surface area (Å²) in [4.78, 5) is 11.0. The van der Waals surface area contributed by atoms with Crippen LogP contribution in [0.25, 0.3) is 0 Å². The van der Waals surface area contributed by atoms with Crippen molar-refractivity contribution >= 4 is 5.97 Å². The fourth-order valence-electron chi connectivity index (χ4n) is 0.536. The molecule has 2 atom stereocenters. The van der Waals surface area contributed by atoms with Crippen LogP contribution in [-0.4, -0.2) is 18.1 Å². The average molecular weight is 159 g/mol. The van der Waals surface area contributed by atoms with E-state index >= 15 is 0 Å². The van der Waals surface area contributed by atoms with Crippen molar-refractivity contribution in [2.75, 3.05) is 0 Å². The van der Waals surface area contributed by atoms with E-state index in [-0.39, 0.29) is 12.1 Å². The lowest BCUT2D eigenvalue weighted by Gasteiger charge is -2.13. The number of nitrogens with two attached hydrogens (primary N) is 1. The number of carbonyl (C=O) groups is 1. The Kier molecular flexibility index (Phi) is 4.86. The lowest BCUT2D eigenvalue weighted by molar-refractivity contribution is -0.150. The van der Waals surface area contributed by atoms with Gasteiger partial charge in [-0.25, -0.2) is 0 Å². The highest BCUT2D eigenvalue weighted by molar-refractivity contribution is 5.75. The molecule has 0 amide bonds. The van der Waals surface area contributed by atoms with Gasteiger partial charge >= 0.3 is 5.97 Å². The van der Waals surface area contributed by atoms with Gasteiger partial charge in [-0.05, 0) is 19.8 Å². The van der Waals surface area contributed by atoms with Gasteiger partial charge in [0, 0.05) is 0 Å². The zero-order valence-corrected chi connectivity index (χ0v) is 7.46. The molecule has 66 valence electrons. The maximum atomic E-state index is 11.0. The summed E-state index contributed by atoms with van der Waals surface area (Å²) in [5.41, 5.74) is 5.44. The molecule has 0 radical (unpaired) electrons. The fraction of sp³-hybridized carbons (Fsp3) is 0.875. The molecule has 0 aliphatic carbocycles. The normalized spacial score (nSPS) is 15.6. The van der Waals surface area contributed by atoms with Gasteiger partial charge < -0.3 is 10.5 Å². The van der Waals surface area contributed by atoms with Crippen molar-refractivity contribution < 1.29 is 9.53 Å². The summed E-state index contributed by atoms with van der Waals surface area (Å²) in [6.45, 7) is 5.69. The summed E-state index contributed by atoms with van der Waals surface area (Å²) in [5, 5.41) is 0. The van der Waals surface area contributed by atoms with E-state index < -0.39 is 6.04 Å². The predicted molar refractivity (Wildman–Crippen MR) is 44.1 cm³/mol. The maximum Gasteiger partial charge on any atom is 0.323 e. The van der Waals surface area contributed by atoms with E-state index in [4.69, 9.17) is 10.5 Å². The Morgan fingerprint density at radius 1 is 1.45 bits per heavy atom. The smallest absolute Gasteiger partial charge is 0.323 e. The quantitative estimate of drug-likeness (QED) is 0.624. The molecule has 3 heteroatoms. The summed E-state index contributed by atoms with van der Waals surface area (Å²) < 4.78 is 4.99. The van der Waals surface area contributed by atoms with Gasteiger partial charge in [-0.3, -0.25) is 4.79 Å². The number of hydrogen-bond donors (Lipinski definition) is 1. The van der Waals surface area contributed by atoms with Crippen LogP contribution in [0.4, 0.5) is 0 Å². The predicted octanol–water partition coefficient (Wildman–Crippen LogP) is 1.07. The molecule has 0 saturated heterocycles. The highest BCUT2D eigenvalue weighted by atomic mass is 16.5. The van der Waals surface area contributed by atoms with Gasteiger partial charge in [0.2, 0.25) is 0 Å². The Bertz CT molecular complexity index is 125. The third kappa shape index (κ3) is 3.98. The first kappa shape index (κ1) is 10.4. The molecular formula is C8H17NO2. The van der Waals surface area contributed by atoms with Crippen molar-refractivity contribution in [1.82, 2.24) is 0 Å². The number of ether oxygens (including phenoxy) is 1. The SMILES string of the molecule is CC[C@H](C)OC(=O)[C@@H](N)CC. The number of esters is 1. The van der Waals surface area contributed by atoms with Crippen molar-refractivity contribution in [3.05, 3.63) is 0 Å². The zero-order valence-electron chi connectivity index (χ0n) is 7.46. The second kappa shape index (κ2) is 5.13. The Labute approximate surface area is 67.9 Å². The van der Waals surface area contributed by atoms with Crippen LogP contribution in [0.5, 0.6) is 0 Å². The van der Waals surface area contributed by atoms with Gasteiger partial charge in [-0.2, -0.15) is 0 Å². The molecule has 0 aliphatic rings. The van der Waals surface area contributed by atoms with Gasteiger partial charge in [-0.15, -0.1) is 0 Å². The van der Waals surface area contributed by atoms with Crippen LogP contribution >= 0.6 is 0 Å².